The van der Waals surface area contributed by atoms with Crippen LogP contribution in [-0.4, -0.2) is 5.71 Å². The minimum absolute atomic E-state index is 0.184. The molecule has 1 heterocycles. The molecular weight excluding hydrogens is 274 g/mol. The molecule has 0 aliphatic heterocycles. The summed E-state index contributed by atoms with van der Waals surface area (Å²) < 4.78 is 40.1. The van der Waals surface area contributed by atoms with E-state index in [1.807, 2.05) is 18.2 Å². The summed E-state index contributed by atoms with van der Waals surface area (Å²) in [5.41, 5.74) is 1.06. The monoisotopic (exact) mass is 296 g/mol. The van der Waals surface area contributed by atoms with Crippen LogP contribution in [0.1, 0.15) is 24.8 Å². The van der Waals surface area contributed by atoms with E-state index in [-0.39, 0.29) is 5.71 Å². The van der Waals surface area contributed by atoms with Gasteiger partial charge in [0.25, 0.3) is 0 Å². The van der Waals surface area contributed by atoms with E-state index in [2.05, 4.69) is 25.6 Å². The molecule has 0 aliphatic carbocycles. The molecule has 0 bridgehead atoms. The second kappa shape index (κ2) is 5.30. The van der Waals surface area contributed by atoms with Gasteiger partial charge in [-0.1, -0.05) is 48.5 Å². The van der Waals surface area contributed by atoms with Gasteiger partial charge in [-0.05, 0) is 31.5 Å². The number of rotatable bonds is 3. The van der Waals surface area contributed by atoms with Crippen LogP contribution >= 0.6 is 11.3 Å². The maximum absolute atomic E-state index is 8.23. The number of allylic oxidation sites excluding steroid dienone is 3. The van der Waals surface area contributed by atoms with E-state index in [4.69, 9.17) is 12.3 Å². The van der Waals surface area contributed by atoms with Crippen molar-refractivity contribution in [2.75, 3.05) is 0 Å². The van der Waals surface area contributed by atoms with E-state index in [1.54, 1.807) is 17.4 Å². The third-order valence-electron chi connectivity index (χ3n) is 3.32. The maximum Gasteiger partial charge on any atom is 0.0646 e. The largest absolute Gasteiger partial charge is 0.300 e. The molecule has 0 unspecified atom stereocenters. The van der Waals surface area contributed by atoms with Crippen molar-refractivity contribution in [3.8, 4) is 0 Å². The number of hydrogen-bond donors (Lipinski definition) is 1. The standard InChI is InChI=1S/C19H17NS/c1-12(2)7-10-17(20)14-8-9-15-16-6-4-5-13(3)19(16)21-18(15)11-14/h4-11,20H,1H2,2-3H3/b10-7-,20-17?/i2D3,7D,10D. The molecule has 2 heteroatoms. The molecule has 2 aromatic carbocycles. The van der Waals surface area contributed by atoms with Gasteiger partial charge in [-0.3, -0.25) is 0 Å². The first kappa shape index (κ1) is 8.96. The van der Waals surface area contributed by atoms with Crippen LogP contribution in [-0.2, 0) is 0 Å². The molecular formula is C19H17NS. The summed E-state index contributed by atoms with van der Waals surface area (Å²) in [6.07, 6.45) is 0. The zero-order valence-electron chi connectivity index (χ0n) is 16.6. The SMILES string of the molecule is [2H]/C(C(=C)C([2H])([2H])[2H])=C(\[2H])C(=N)c1ccc2c(c1)sc1c(C)cccc12. The third-order valence-corrected chi connectivity index (χ3v) is 4.63. The predicted octanol–water partition coefficient (Wildman–Crippen LogP) is 5.86. The molecule has 0 spiro atoms. The lowest BCUT2D eigenvalue weighted by molar-refractivity contribution is 1.49. The van der Waals surface area contributed by atoms with Crippen LogP contribution in [0.2, 0.25) is 0 Å². The van der Waals surface area contributed by atoms with Gasteiger partial charge in [0.2, 0.25) is 0 Å². The number of nitrogens with one attached hydrogen (secondary N) is 1. The highest BCUT2D eigenvalue weighted by Crippen LogP contribution is 2.36. The lowest BCUT2D eigenvalue weighted by Gasteiger charge is -1.99. The molecule has 0 radical (unpaired) electrons. The first-order chi connectivity index (χ1) is 12.1. The molecule has 0 aliphatic rings. The molecule has 0 saturated heterocycles. The van der Waals surface area contributed by atoms with Gasteiger partial charge in [0.1, 0.15) is 0 Å². The second-order valence-corrected chi connectivity index (χ2v) is 5.92. The smallest absolute Gasteiger partial charge is 0.0646 e. The number of aryl methyl sites for hydroxylation is 1. The van der Waals surface area contributed by atoms with Crippen LogP contribution in [0.4, 0.5) is 0 Å². The quantitative estimate of drug-likeness (QED) is 0.462. The van der Waals surface area contributed by atoms with Gasteiger partial charge in [0.15, 0.2) is 0 Å². The van der Waals surface area contributed by atoms with E-state index >= 15 is 0 Å². The summed E-state index contributed by atoms with van der Waals surface area (Å²) in [5.74, 6) is 0. The number of benzene rings is 2. The van der Waals surface area contributed by atoms with Gasteiger partial charge in [0.05, 0.1) is 8.45 Å². The van der Waals surface area contributed by atoms with Crippen molar-refractivity contribution >= 4 is 37.2 Å². The van der Waals surface area contributed by atoms with E-state index in [1.165, 1.54) is 10.3 Å². The van der Waals surface area contributed by atoms with E-state index in [9.17, 15) is 0 Å². The fourth-order valence-corrected chi connectivity index (χ4v) is 3.52. The van der Waals surface area contributed by atoms with Gasteiger partial charge in [-0.15, -0.1) is 11.3 Å². The molecule has 0 amide bonds. The second-order valence-electron chi connectivity index (χ2n) is 4.87. The number of fused-ring (bicyclic) bond motifs is 3. The Morgan fingerprint density at radius 3 is 2.95 bits per heavy atom. The summed E-state index contributed by atoms with van der Waals surface area (Å²) in [7, 11) is 0. The van der Waals surface area contributed by atoms with Crippen LogP contribution < -0.4 is 0 Å². The molecule has 1 nitrogen and oxygen atoms in total. The van der Waals surface area contributed by atoms with Crippen LogP contribution in [0.15, 0.2) is 60.7 Å². The zero-order chi connectivity index (χ0) is 19.2. The fourth-order valence-electron chi connectivity index (χ4n) is 2.30. The number of thiophene rings is 1. The third kappa shape index (κ3) is 2.55. The van der Waals surface area contributed by atoms with E-state index < -0.39 is 24.5 Å². The molecule has 21 heavy (non-hydrogen) atoms. The highest BCUT2D eigenvalue weighted by molar-refractivity contribution is 7.26. The Kier molecular flexibility index (Phi) is 2.26. The van der Waals surface area contributed by atoms with E-state index in [0.29, 0.717) is 5.56 Å². The first-order valence-electron chi connectivity index (χ1n) is 8.99. The summed E-state index contributed by atoms with van der Waals surface area (Å²) in [6.45, 7) is 2.90. The van der Waals surface area contributed by atoms with Crippen molar-refractivity contribution in [1.29, 1.82) is 5.41 Å². The summed E-state index contributed by atoms with van der Waals surface area (Å²) in [4.78, 5) is 0. The minimum Gasteiger partial charge on any atom is -0.300 e. The number of hydrogen-bond acceptors (Lipinski definition) is 2. The Morgan fingerprint density at radius 1 is 1.29 bits per heavy atom. The van der Waals surface area contributed by atoms with Crippen molar-refractivity contribution in [2.45, 2.75) is 13.8 Å². The molecule has 1 N–H and O–H groups in total. The highest BCUT2D eigenvalue weighted by Gasteiger charge is 2.08. The van der Waals surface area contributed by atoms with Crippen molar-refractivity contribution in [3.63, 3.8) is 0 Å². The lowest BCUT2D eigenvalue weighted by atomic mass is 10.1. The van der Waals surface area contributed by atoms with Gasteiger partial charge >= 0.3 is 0 Å². The van der Waals surface area contributed by atoms with Crippen LogP contribution in [0.3, 0.4) is 0 Å². The van der Waals surface area contributed by atoms with Crippen molar-refractivity contribution in [3.05, 3.63) is 71.8 Å². The topological polar surface area (TPSA) is 23.9 Å². The zero-order valence-corrected chi connectivity index (χ0v) is 12.4. The molecule has 0 fully saturated rings. The Morgan fingerprint density at radius 2 is 2.14 bits per heavy atom. The van der Waals surface area contributed by atoms with Crippen molar-refractivity contribution in [1.82, 2.24) is 0 Å². The van der Waals surface area contributed by atoms with Gasteiger partial charge in [-0.25, -0.2) is 0 Å². The Hall–Kier alpha value is -2.19. The van der Waals surface area contributed by atoms with Gasteiger partial charge in [0, 0.05) is 29.8 Å². The van der Waals surface area contributed by atoms with Crippen molar-refractivity contribution in [2.24, 2.45) is 0 Å². The van der Waals surface area contributed by atoms with Gasteiger partial charge < -0.3 is 5.41 Å². The van der Waals surface area contributed by atoms with Crippen molar-refractivity contribution < 1.29 is 6.85 Å². The molecule has 3 rings (SSSR count). The molecule has 0 saturated carbocycles. The Labute approximate surface area is 135 Å². The molecule has 104 valence electrons. The lowest BCUT2D eigenvalue weighted by Crippen LogP contribution is -1.93. The molecule has 3 aromatic rings. The Balaban J connectivity index is 2.08. The fraction of sp³-hybridized carbons (Fsp3) is 0.105. The predicted molar refractivity (Wildman–Crippen MR) is 94.9 cm³/mol. The van der Waals surface area contributed by atoms with Gasteiger partial charge in [-0.2, -0.15) is 0 Å². The van der Waals surface area contributed by atoms with Crippen LogP contribution in [0.5, 0.6) is 0 Å². The van der Waals surface area contributed by atoms with Crippen LogP contribution in [0.25, 0.3) is 20.2 Å². The normalized spacial score (nSPS) is 16.5. The highest BCUT2D eigenvalue weighted by atomic mass is 32.1. The summed E-state index contributed by atoms with van der Waals surface area (Å²) in [6, 6.07) is 10.6. The maximum atomic E-state index is 8.23. The summed E-state index contributed by atoms with van der Waals surface area (Å²) >= 11 is 1.62. The average Bonchev–Trinajstić information content (AvgIpc) is 2.97. The average molecular weight is 296 g/mol. The first-order valence-corrected chi connectivity index (χ1v) is 7.31. The minimum atomic E-state index is -2.55. The molecule has 0 atom stereocenters. The molecule has 1 aromatic heterocycles. The Bertz CT molecular complexity index is 1090. The van der Waals surface area contributed by atoms with Crippen LogP contribution in [0, 0.1) is 12.3 Å². The summed E-state index contributed by atoms with van der Waals surface area (Å²) in [5, 5.41) is 10.5. The van der Waals surface area contributed by atoms with E-state index in [0.717, 1.165) is 15.5 Å².